The van der Waals surface area contributed by atoms with E-state index >= 15 is 0 Å². The third-order valence-electron chi connectivity index (χ3n) is 3.50. The van der Waals surface area contributed by atoms with Crippen molar-refractivity contribution in [3.05, 3.63) is 20.3 Å². The highest BCUT2D eigenvalue weighted by molar-refractivity contribution is 9.11. The van der Waals surface area contributed by atoms with Gasteiger partial charge in [0.1, 0.15) is 0 Å². The first-order chi connectivity index (χ1) is 7.13. The third kappa shape index (κ3) is 1.35. The fourth-order valence-corrected chi connectivity index (χ4v) is 4.13. The lowest BCUT2D eigenvalue weighted by Crippen LogP contribution is -2.19. The molecule has 2 atom stereocenters. The van der Waals surface area contributed by atoms with E-state index in [9.17, 15) is 4.79 Å². The molecule has 2 nitrogen and oxygen atoms in total. The van der Waals surface area contributed by atoms with E-state index in [4.69, 9.17) is 4.74 Å². The zero-order valence-electron chi connectivity index (χ0n) is 8.38. The normalized spacial score (nSPS) is 32.8. The second kappa shape index (κ2) is 3.15. The lowest BCUT2D eigenvalue weighted by molar-refractivity contribution is 0.0829. The van der Waals surface area contributed by atoms with Gasteiger partial charge in [0.05, 0.1) is 22.4 Å². The zero-order chi connectivity index (χ0) is 10.6. The van der Waals surface area contributed by atoms with E-state index in [0.717, 1.165) is 27.3 Å². The molecular formula is C11H11BrO2S. The van der Waals surface area contributed by atoms with Crippen LogP contribution in [0.15, 0.2) is 9.85 Å². The molecule has 0 amide bonds. The highest BCUT2D eigenvalue weighted by Crippen LogP contribution is 2.59. The number of ether oxygens (including phenoxy) is 1. The average Bonchev–Trinajstić information content (AvgIpc) is 2.59. The molecule has 0 bridgehead atoms. The summed E-state index contributed by atoms with van der Waals surface area (Å²) in [5, 5.41) is 0. The van der Waals surface area contributed by atoms with Crippen LogP contribution in [-0.2, 0) is 4.74 Å². The quantitative estimate of drug-likeness (QED) is 0.781. The fourth-order valence-electron chi connectivity index (χ4n) is 2.44. The summed E-state index contributed by atoms with van der Waals surface area (Å²) in [5.74, 6) is 0.785. The number of hydrogen-bond acceptors (Lipinski definition) is 3. The maximum Gasteiger partial charge on any atom is 0.172 e. The number of Topliss-reactive ketones (excluding diaryl/α,β-unsaturated/α-hetero) is 1. The first kappa shape index (κ1) is 10.00. The Morgan fingerprint density at radius 2 is 2.53 bits per heavy atom. The standard InChI is InChI=1S/C11H11BrO2S/c1-6-8(2-9(12)15-6)10(13)11-3-7(11)4-14-5-11/h2,7H,3-5H2,1H3. The Hall–Kier alpha value is -0.190. The number of halogens is 1. The number of thiophene rings is 1. The largest absolute Gasteiger partial charge is 0.380 e. The van der Waals surface area contributed by atoms with Crippen LogP contribution in [0.25, 0.3) is 0 Å². The van der Waals surface area contributed by atoms with Crippen LogP contribution >= 0.6 is 27.3 Å². The van der Waals surface area contributed by atoms with Crippen molar-refractivity contribution in [3.63, 3.8) is 0 Å². The van der Waals surface area contributed by atoms with Crippen molar-refractivity contribution in [3.8, 4) is 0 Å². The smallest absolute Gasteiger partial charge is 0.172 e. The summed E-state index contributed by atoms with van der Waals surface area (Å²) in [7, 11) is 0. The summed E-state index contributed by atoms with van der Waals surface area (Å²) in [6.07, 6.45) is 1.03. The van der Waals surface area contributed by atoms with Gasteiger partial charge in [-0.05, 0) is 41.3 Å². The van der Waals surface area contributed by atoms with E-state index in [1.54, 1.807) is 11.3 Å². The van der Waals surface area contributed by atoms with Gasteiger partial charge in [-0.1, -0.05) is 0 Å². The SMILES string of the molecule is Cc1sc(Br)cc1C(=O)C12COCC1C2. The summed E-state index contributed by atoms with van der Waals surface area (Å²) in [6, 6.07) is 1.95. The van der Waals surface area contributed by atoms with Crippen molar-refractivity contribution in [2.45, 2.75) is 13.3 Å². The van der Waals surface area contributed by atoms with Gasteiger partial charge in [-0.15, -0.1) is 11.3 Å². The Kier molecular flexibility index (Phi) is 2.10. The van der Waals surface area contributed by atoms with E-state index in [2.05, 4.69) is 15.9 Å². The minimum Gasteiger partial charge on any atom is -0.380 e. The van der Waals surface area contributed by atoms with Crippen molar-refractivity contribution >= 4 is 33.0 Å². The third-order valence-corrected chi connectivity index (χ3v) is 5.05. The van der Waals surface area contributed by atoms with Crippen LogP contribution in [-0.4, -0.2) is 19.0 Å². The molecule has 1 aromatic heterocycles. The van der Waals surface area contributed by atoms with Gasteiger partial charge in [0, 0.05) is 10.4 Å². The van der Waals surface area contributed by atoms with Gasteiger partial charge in [-0.3, -0.25) is 4.79 Å². The van der Waals surface area contributed by atoms with E-state index in [1.807, 2.05) is 13.0 Å². The highest BCUT2D eigenvalue weighted by atomic mass is 79.9. The van der Waals surface area contributed by atoms with Crippen LogP contribution in [0.5, 0.6) is 0 Å². The van der Waals surface area contributed by atoms with Crippen molar-refractivity contribution < 1.29 is 9.53 Å². The van der Waals surface area contributed by atoms with Gasteiger partial charge in [0.2, 0.25) is 0 Å². The zero-order valence-corrected chi connectivity index (χ0v) is 10.8. The molecule has 0 radical (unpaired) electrons. The summed E-state index contributed by atoms with van der Waals surface area (Å²) in [5.41, 5.74) is 0.741. The first-order valence-electron chi connectivity index (χ1n) is 5.02. The lowest BCUT2D eigenvalue weighted by Gasteiger charge is -2.08. The molecule has 2 heterocycles. The van der Waals surface area contributed by atoms with Crippen LogP contribution in [0.4, 0.5) is 0 Å². The number of carbonyl (C=O) groups excluding carboxylic acids is 1. The van der Waals surface area contributed by atoms with E-state index in [1.165, 1.54) is 0 Å². The number of rotatable bonds is 2. The molecule has 2 fully saturated rings. The molecule has 0 spiro atoms. The fraction of sp³-hybridized carbons (Fsp3) is 0.545. The molecule has 80 valence electrons. The molecule has 1 aliphatic heterocycles. The van der Waals surface area contributed by atoms with E-state index in [0.29, 0.717) is 18.3 Å². The molecule has 1 aliphatic carbocycles. The molecule has 2 aliphatic rings. The van der Waals surface area contributed by atoms with E-state index < -0.39 is 0 Å². The number of fused-ring (bicyclic) bond motifs is 1. The van der Waals surface area contributed by atoms with E-state index in [-0.39, 0.29) is 5.41 Å². The summed E-state index contributed by atoms with van der Waals surface area (Å²) >= 11 is 5.05. The predicted octanol–water partition coefficient (Wildman–Crippen LogP) is 3.04. The van der Waals surface area contributed by atoms with Gasteiger partial charge in [0.15, 0.2) is 5.78 Å². The molecule has 0 N–H and O–H groups in total. The Balaban J connectivity index is 1.95. The molecule has 1 aromatic rings. The average molecular weight is 287 g/mol. The summed E-state index contributed by atoms with van der Waals surface area (Å²) in [6.45, 7) is 3.41. The molecule has 1 saturated heterocycles. The topological polar surface area (TPSA) is 26.3 Å². The minimum absolute atomic E-state index is 0.148. The van der Waals surface area contributed by atoms with Gasteiger partial charge in [0.25, 0.3) is 0 Å². The Morgan fingerprint density at radius 3 is 3.00 bits per heavy atom. The van der Waals surface area contributed by atoms with Crippen LogP contribution in [0.2, 0.25) is 0 Å². The van der Waals surface area contributed by atoms with Crippen LogP contribution in [0.3, 0.4) is 0 Å². The van der Waals surface area contributed by atoms with Crippen LogP contribution in [0, 0.1) is 18.3 Å². The van der Waals surface area contributed by atoms with Gasteiger partial charge in [-0.2, -0.15) is 0 Å². The van der Waals surface area contributed by atoms with Crippen molar-refractivity contribution in [2.75, 3.05) is 13.2 Å². The summed E-state index contributed by atoms with van der Waals surface area (Å²) in [4.78, 5) is 13.5. The number of carbonyl (C=O) groups is 1. The second-order valence-electron chi connectivity index (χ2n) is 4.42. The molecule has 0 aromatic carbocycles. The predicted molar refractivity (Wildman–Crippen MR) is 62.4 cm³/mol. The minimum atomic E-state index is -0.148. The molecule has 2 unspecified atom stereocenters. The second-order valence-corrected chi connectivity index (χ2v) is 7.06. The van der Waals surface area contributed by atoms with Crippen molar-refractivity contribution in [1.29, 1.82) is 0 Å². The van der Waals surface area contributed by atoms with Crippen LogP contribution < -0.4 is 0 Å². The maximum absolute atomic E-state index is 12.4. The molecule has 1 saturated carbocycles. The van der Waals surface area contributed by atoms with Gasteiger partial charge in [-0.25, -0.2) is 0 Å². The molecule has 4 heteroatoms. The van der Waals surface area contributed by atoms with Gasteiger partial charge < -0.3 is 4.74 Å². The Labute approximate surface area is 101 Å². The van der Waals surface area contributed by atoms with Gasteiger partial charge >= 0.3 is 0 Å². The Morgan fingerprint density at radius 1 is 1.73 bits per heavy atom. The number of aryl methyl sites for hydroxylation is 1. The summed E-state index contributed by atoms with van der Waals surface area (Å²) < 4.78 is 6.41. The molecular weight excluding hydrogens is 276 g/mol. The lowest BCUT2D eigenvalue weighted by atomic mass is 9.95. The highest BCUT2D eigenvalue weighted by Gasteiger charge is 2.63. The molecule has 15 heavy (non-hydrogen) atoms. The number of ketones is 1. The monoisotopic (exact) mass is 286 g/mol. The molecule has 3 rings (SSSR count). The van der Waals surface area contributed by atoms with Crippen molar-refractivity contribution in [2.24, 2.45) is 11.3 Å². The Bertz CT molecular complexity index is 440. The first-order valence-corrected chi connectivity index (χ1v) is 6.63. The van der Waals surface area contributed by atoms with Crippen molar-refractivity contribution in [1.82, 2.24) is 0 Å². The maximum atomic E-state index is 12.4. The van der Waals surface area contributed by atoms with Crippen LogP contribution in [0.1, 0.15) is 21.7 Å². The number of hydrogen-bond donors (Lipinski definition) is 0.